The lowest BCUT2D eigenvalue weighted by Gasteiger charge is -2.17. The lowest BCUT2D eigenvalue weighted by molar-refractivity contribution is -0.117. The van der Waals surface area contributed by atoms with Crippen LogP contribution in [0.3, 0.4) is 0 Å². The first-order valence-electron chi connectivity index (χ1n) is 9.02. The maximum atomic E-state index is 12.4. The first-order chi connectivity index (χ1) is 13.1. The van der Waals surface area contributed by atoms with E-state index in [9.17, 15) is 9.59 Å². The fourth-order valence-corrected chi connectivity index (χ4v) is 3.29. The van der Waals surface area contributed by atoms with E-state index in [0.29, 0.717) is 36.4 Å². The molecule has 0 spiro atoms. The first-order valence-corrected chi connectivity index (χ1v) is 9.02. The molecule has 0 atom stereocenters. The van der Waals surface area contributed by atoms with Gasteiger partial charge in [0.1, 0.15) is 0 Å². The maximum absolute atomic E-state index is 12.4. The number of nitrogens with zero attached hydrogens (tertiary/aromatic N) is 1. The van der Waals surface area contributed by atoms with Crippen molar-refractivity contribution in [1.82, 2.24) is 0 Å². The lowest BCUT2D eigenvalue weighted by Crippen LogP contribution is -2.23. The van der Waals surface area contributed by atoms with E-state index >= 15 is 0 Å². The number of nitrogens with one attached hydrogen (secondary N) is 1. The molecule has 1 heterocycles. The monoisotopic (exact) mass is 368 g/mol. The van der Waals surface area contributed by atoms with Gasteiger partial charge in [0.2, 0.25) is 11.8 Å². The van der Waals surface area contributed by atoms with Crippen molar-refractivity contribution in [2.75, 3.05) is 31.0 Å². The Bertz CT molecular complexity index is 835. The van der Waals surface area contributed by atoms with Crippen LogP contribution >= 0.6 is 0 Å². The third-order valence-electron chi connectivity index (χ3n) is 4.62. The predicted octanol–water partition coefficient (Wildman–Crippen LogP) is 3.40. The molecule has 1 saturated heterocycles. The summed E-state index contributed by atoms with van der Waals surface area (Å²) in [5, 5.41) is 2.91. The van der Waals surface area contributed by atoms with Gasteiger partial charge < -0.3 is 19.7 Å². The summed E-state index contributed by atoms with van der Waals surface area (Å²) in [6.45, 7) is 0.728. The van der Waals surface area contributed by atoms with Gasteiger partial charge in [-0.25, -0.2) is 0 Å². The van der Waals surface area contributed by atoms with Crippen molar-refractivity contribution < 1.29 is 19.1 Å². The van der Waals surface area contributed by atoms with Crippen molar-refractivity contribution >= 4 is 23.2 Å². The van der Waals surface area contributed by atoms with Crippen molar-refractivity contribution in [1.29, 1.82) is 0 Å². The van der Waals surface area contributed by atoms with Gasteiger partial charge in [-0.05, 0) is 42.7 Å². The molecule has 0 aromatic heterocycles. The number of carbonyl (C=O) groups excluding carboxylic acids is 2. The Morgan fingerprint density at radius 3 is 2.67 bits per heavy atom. The highest BCUT2D eigenvalue weighted by molar-refractivity contribution is 5.97. The van der Waals surface area contributed by atoms with Gasteiger partial charge in [-0.1, -0.05) is 18.2 Å². The number of amides is 2. The Kier molecular flexibility index (Phi) is 5.96. The number of para-hydroxylation sites is 1. The molecule has 1 N–H and O–H groups in total. The van der Waals surface area contributed by atoms with Crippen LogP contribution in [0.25, 0.3) is 0 Å². The molecule has 0 unspecified atom stereocenters. The Morgan fingerprint density at radius 2 is 1.96 bits per heavy atom. The Labute approximate surface area is 159 Å². The quantitative estimate of drug-likeness (QED) is 0.813. The van der Waals surface area contributed by atoms with Crippen LogP contribution in [0, 0.1) is 0 Å². The van der Waals surface area contributed by atoms with Gasteiger partial charge in [0.15, 0.2) is 11.5 Å². The van der Waals surface area contributed by atoms with E-state index < -0.39 is 0 Å². The summed E-state index contributed by atoms with van der Waals surface area (Å²) in [4.78, 5) is 26.0. The second-order valence-electron chi connectivity index (χ2n) is 6.40. The smallest absolute Gasteiger partial charge is 0.227 e. The van der Waals surface area contributed by atoms with Gasteiger partial charge in [0.25, 0.3) is 0 Å². The van der Waals surface area contributed by atoms with E-state index in [1.807, 2.05) is 42.5 Å². The number of carbonyl (C=O) groups is 2. The van der Waals surface area contributed by atoms with Crippen molar-refractivity contribution in [3.8, 4) is 11.5 Å². The van der Waals surface area contributed by atoms with Gasteiger partial charge in [-0.15, -0.1) is 0 Å². The van der Waals surface area contributed by atoms with Crippen LogP contribution in [-0.2, 0) is 16.0 Å². The Balaban J connectivity index is 1.63. The minimum atomic E-state index is -0.0928. The average molecular weight is 368 g/mol. The van der Waals surface area contributed by atoms with Crippen LogP contribution in [0.1, 0.15) is 24.8 Å². The molecule has 6 nitrogen and oxygen atoms in total. The van der Waals surface area contributed by atoms with Crippen LogP contribution in [0.2, 0.25) is 0 Å². The van der Waals surface area contributed by atoms with Gasteiger partial charge in [0.05, 0.1) is 14.2 Å². The maximum Gasteiger partial charge on any atom is 0.227 e. The average Bonchev–Trinajstić information content (AvgIpc) is 3.12. The zero-order valence-corrected chi connectivity index (χ0v) is 15.7. The highest BCUT2D eigenvalue weighted by Crippen LogP contribution is 2.31. The summed E-state index contributed by atoms with van der Waals surface area (Å²) >= 11 is 0. The van der Waals surface area contributed by atoms with Crippen molar-refractivity contribution in [3.63, 3.8) is 0 Å². The van der Waals surface area contributed by atoms with E-state index in [1.165, 1.54) is 0 Å². The van der Waals surface area contributed by atoms with Crippen molar-refractivity contribution in [3.05, 3.63) is 48.0 Å². The SMILES string of the molecule is COc1cccc(CCC(=O)Nc2cccc(N3CCCC3=O)c2)c1OC. The lowest BCUT2D eigenvalue weighted by atomic mass is 10.1. The predicted molar refractivity (Wildman–Crippen MR) is 105 cm³/mol. The van der Waals surface area contributed by atoms with E-state index in [1.54, 1.807) is 19.1 Å². The summed E-state index contributed by atoms with van der Waals surface area (Å²) < 4.78 is 10.7. The first kappa shape index (κ1) is 18.8. The van der Waals surface area contributed by atoms with Crippen LogP contribution < -0.4 is 19.7 Å². The van der Waals surface area contributed by atoms with Crippen LogP contribution in [0.15, 0.2) is 42.5 Å². The molecule has 0 radical (unpaired) electrons. The number of benzene rings is 2. The minimum Gasteiger partial charge on any atom is -0.493 e. The molecule has 0 aliphatic carbocycles. The molecule has 0 saturated carbocycles. The van der Waals surface area contributed by atoms with Crippen LogP contribution in [0.5, 0.6) is 11.5 Å². The number of aryl methyl sites for hydroxylation is 1. The fourth-order valence-electron chi connectivity index (χ4n) is 3.29. The Hall–Kier alpha value is -3.02. The molecule has 3 rings (SSSR count). The van der Waals surface area contributed by atoms with Crippen LogP contribution in [-0.4, -0.2) is 32.6 Å². The summed E-state index contributed by atoms with van der Waals surface area (Å²) in [5.41, 5.74) is 2.43. The summed E-state index contributed by atoms with van der Waals surface area (Å²) in [7, 11) is 3.18. The molecule has 0 bridgehead atoms. The van der Waals surface area contributed by atoms with Gasteiger partial charge in [-0.2, -0.15) is 0 Å². The fraction of sp³-hybridized carbons (Fsp3) is 0.333. The highest BCUT2D eigenvalue weighted by atomic mass is 16.5. The van der Waals surface area contributed by atoms with Crippen LogP contribution in [0.4, 0.5) is 11.4 Å². The minimum absolute atomic E-state index is 0.0928. The number of hydrogen-bond acceptors (Lipinski definition) is 4. The molecular formula is C21H24N2O4. The highest BCUT2D eigenvalue weighted by Gasteiger charge is 2.21. The molecule has 2 aromatic carbocycles. The number of hydrogen-bond donors (Lipinski definition) is 1. The largest absolute Gasteiger partial charge is 0.493 e. The molecule has 27 heavy (non-hydrogen) atoms. The Morgan fingerprint density at radius 1 is 1.15 bits per heavy atom. The van der Waals surface area contributed by atoms with E-state index in [0.717, 1.165) is 24.2 Å². The second kappa shape index (κ2) is 8.58. The van der Waals surface area contributed by atoms with Crippen molar-refractivity contribution in [2.24, 2.45) is 0 Å². The molecule has 2 amide bonds. The zero-order chi connectivity index (χ0) is 19.2. The molecule has 142 valence electrons. The molecule has 1 fully saturated rings. The third-order valence-corrected chi connectivity index (χ3v) is 4.62. The van der Waals surface area contributed by atoms with Gasteiger partial charge in [-0.3, -0.25) is 9.59 Å². The van der Waals surface area contributed by atoms with E-state index in [4.69, 9.17) is 9.47 Å². The number of methoxy groups -OCH3 is 2. The van der Waals surface area contributed by atoms with Gasteiger partial charge >= 0.3 is 0 Å². The number of rotatable bonds is 7. The topological polar surface area (TPSA) is 67.9 Å². The summed E-state index contributed by atoms with van der Waals surface area (Å²) in [5.74, 6) is 1.34. The molecule has 1 aliphatic rings. The molecule has 6 heteroatoms. The molecular weight excluding hydrogens is 344 g/mol. The number of ether oxygens (including phenoxy) is 2. The van der Waals surface area contributed by atoms with E-state index in [-0.39, 0.29) is 11.8 Å². The normalized spacial score (nSPS) is 13.6. The second-order valence-corrected chi connectivity index (χ2v) is 6.40. The summed E-state index contributed by atoms with van der Waals surface area (Å²) in [6.07, 6.45) is 2.31. The molecule has 2 aromatic rings. The van der Waals surface area contributed by atoms with E-state index in [2.05, 4.69) is 5.32 Å². The third kappa shape index (κ3) is 4.39. The standard InChI is InChI=1S/C21H24N2O4/c1-26-18-9-3-6-15(21(18)27-2)11-12-19(24)22-16-7-4-8-17(14-16)23-13-5-10-20(23)25/h3-4,6-9,14H,5,10-13H2,1-2H3,(H,22,24). The molecule has 1 aliphatic heterocycles. The van der Waals surface area contributed by atoms with Gasteiger partial charge in [0, 0.05) is 30.8 Å². The summed E-state index contributed by atoms with van der Waals surface area (Å²) in [6, 6.07) is 13.0. The van der Waals surface area contributed by atoms with Crippen molar-refractivity contribution in [2.45, 2.75) is 25.7 Å². The zero-order valence-electron chi connectivity index (χ0n) is 15.7. The number of anilines is 2.